The third-order valence-electron chi connectivity index (χ3n) is 6.83. The Hall–Kier alpha value is -3.28. The maximum absolute atomic E-state index is 13.4. The van der Waals surface area contributed by atoms with E-state index in [1.807, 2.05) is 0 Å². The van der Waals surface area contributed by atoms with E-state index >= 15 is 0 Å². The first-order valence-corrected chi connectivity index (χ1v) is 10.8. The number of pyridine rings is 1. The summed E-state index contributed by atoms with van der Waals surface area (Å²) in [7, 11) is 0. The van der Waals surface area contributed by atoms with Crippen molar-refractivity contribution in [2.75, 3.05) is 5.32 Å². The Balaban J connectivity index is 1.50. The molecule has 9 heteroatoms. The summed E-state index contributed by atoms with van der Waals surface area (Å²) in [5, 5.41) is 17.7. The first-order valence-electron chi connectivity index (χ1n) is 10.8. The molecule has 0 spiro atoms. The highest BCUT2D eigenvalue weighted by Gasteiger charge is 2.64. The average Bonchev–Trinajstić information content (AvgIpc) is 3.52. The predicted octanol–water partition coefficient (Wildman–Crippen LogP) is 5.32. The molecule has 2 aliphatic carbocycles. The summed E-state index contributed by atoms with van der Waals surface area (Å²) in [6.07, 6.45) is 1.07. The van der Waals surface area contributed by atoms with E-state index in [2.05, 4.69) is 21.5 Å². The van der Waals surface area contributed by atoms with E-state index in [0.717, 1.165) is 25.7 Å². The lowest BCUT2D eigenvalue weighted by Crippen LogP contribution is -2.28. The highest BCUT2D eigenvalue weighted by molar-refractivity contribution is 5.91. The molecule has 1 unspecified atom stereocenters. The number of nitriles is 1. The van der Waals surface area contributed by atoms with Gasteiger partial charge in [-0.05, 0) is 49.4 Å². The number of halogens is 3. The van der Waals surface area contributed by atoms with Crippen LogP contribution < -0.4 is 10.9 Å². The first-order chi connectivity index (χ1) is 15.3. The van der Waals surface area contributed by atoms with Crippen molar-refractivity contribution in [2.24, 2.45) is 5.92 Å². The zero-order valence-electron chi connectivity index (χ0n) is 17.2. The van der Waals surface area contributed by atoms with Gasteiger partial charge in [-0.2, -0.15) is 23.5 Å². The van der Waals surface area contributed by atoms with Gasteiger partial charge in [-0.3, -0.25) is 9.48 Å². The second kappa shape index (κ2) is 7.40. The molecule has 2 heterocycles. The molecule has 0 radical (unpaired) electrons. The monoisotopic (exact) mass is 441 g/mol. The van der Waals surface area contributed by atoms with Gasteiger partial charge in [0, 0.05) is 11.9 Å². The third kappa shape index (κ3) is 3.25. The van der Waals surface area contributed by atoms with Crippen LogP contribution in [0.2, 0.25) is 0 Å². The van der Waals surface area contributed by atoms with Gasteiger partial charge in [-0.1, -0.05) is 25.0 Å². The van der Waals surface area contributed by atoms with Gasteiger partial charge in [0.25, 0.3) is 5.56 Å². The standard InChI is InChI=1S/C23H22F3N5O/c24-23(25,26)22(10-11-22)15-5-7-16(8-6-15)29-20-19-18(9-12-28-21(19)32)31(30-20)17-4-2-1-3-14(17)13-27/h5-9,12,14,17H,1-4,10-11H2,(H,28,32)(H,29,30)/t14?,17-/m0/s1. The molecular formula is C23H22F3N5O. The molecule has 2 aliphatic rings. The predicted molar refractivity (Wildman–Crippen MR) is 114 cm³/mol. The molecule has 2 N–H and O–H groups in total. The van der Waals surface area contributed by atoms with Crippen LogP contribution in [0.1, 0.15) is 50.1 Å². The number of anilines is 2. The maximum atomic E-state index is 13.4. The summed E-state index contributed by atoms with van der Waals surface area (Å²) in [5.41, 5.74) is -0.616. The molecule has 3 aromatic rings. The molecule has 32 heavy (non-hydrogen) atoms. The number of nitrogens with one attached hydrogen (secondary N) is 2. The largest absolute Gasteiger partial charge is 0.398 e. The van der Waals surface area contributed by atoms with Gasteiger partial charge in [0.05, 0.1) is 29.0 Å². The topological polar surface area (TPSA) is 86.5 Å². The highest BCUT2D eigenvalue weighted by Crippen LogP contribution is 2.58. The second-order valence-corrected chi connectivity index (χ2v) is 8.73. The van der Waals surface area contributed by atoms with Crippen molar-refractivity contribution in [3.05, 3.63) is 52.4 Å². The Morgan fingerprint density at radius 3 is 2.53 bits per heavy atom. The van der Waals surface area contributed by atoms with Crippen LogP contribution in [0.3, 0.4) is 0 Å². The fourth-order valence-corrected chi connectivity index (χ4v) is 4.86. The summed E-state index contributed by atoms with van der Waals surface area (Å²) >= 11 is 0. The number of nitrogens with zero attached hydrogens (tertiary/aromatic N) is 3. The Bertz CT molecular complexity index is 1250. The van der Waals surface area contributed by atoms with Crippen LogP contribution in [0, 0.1) is 17.2 Å². The molecule has 0 amide bonds. The molecule has 6 nitrogen and oxygen atoms in total. The van der Waals surface area contributed by atoms with Gasteiger partial charge in [-0.25, -0.2) is 0 Å². The number of aromatic nitrogens is 3. The molecular weight excluding hydrogens is 419 g/mol. The number of alkyl halides is 3. The quantitative estimate of drug-likeness (QED) is 0.574. The Kier molecular flexibility index (Phi) is 4.77. The molecule has 2 atom stereocenters. The minimum Gasteiger partial charge on any atom is -0.338 e. The molecule has 166 valence electrons. The molecule has 0 aliphatic heterocycles. The van der Waals surface area contributed by atoms with Crippen LogP contribution in [0.25, 0.3) is 10.9 Å². The molecule has 1 aromatic carbocycles. The molecule has 2 saturated carbocycles. The van der Waals surface area contributed by atoms with Gasteiger partial charge >= 0.3 is 6.18 Å². The number of benzene rings is 1. The Morgan fingerprint density at radius 2 is 1.88 bits per heavy atom. The zero-order valence-corrected chi connectivity index (χ0v) is 17.2. The fourth-order valence-electron chi connectivity index (χ4n) is 4.86. The van der Waals surface area contributed by atoms with Gasteiger partial charge in [0.1, 0.15) is 5.39 Å². The first kappa shape index (κ1) is 20.6. The van der Waals surface area contributed by atoms with E-state index in [-0.39, 0.29) is 35.9 Å². The van der Waals surface area contributed by atoms with E-state index < -0.39 is 11.6 Å². The van der Waals surface area contributed by atoms with Crippen LogP contribution in [0.5, 0.6) is 0 Å². The van der Waals surface area contributed by atoms with Gasteiger partial charge in [0.2, 0.25) is 0 Å². The van der Waals surface area contributed by atoms with E-state index in [1.165, 1.54) is 12.1 Å². The van der Waals surface area contributed by atoms with Gasteiger partial charge in [0.15, 0.2) is 5.82 Å². The van der Waals surface area contributed by atoms with E-state index in [1.54, 1.807) is 29.1 Å². The lowest BCUT2D eigenvalue weighted by molar-refractivity contribution is -0.160. The number of H-pyrrole nitrogens is 1. The lowest BCUT2D eigenvalue weighted by Gasteiger charge is -2.27. The maximum Gasteiger partial charge on any atom is 0.398 e. The van der Waals surface area contributed by atoms with Crippen LogP contribution >= 0.6 is 0 Å². The summed E-state index contributed by atoms with van der Waals surface area (Å²) < 4.78 is 42.0. The molecule has 5 rings (SSSR count). The summed E-state index contributed by atoms with van der Waals surface area (Å²) in [5.74, 6) is 0.143. The third-order valence-corrected chi connectivity index (χ3v) is 6.83. The van der Waals surface area contributed by atoms with Crippen molar-refractivity contribution in [1.82, 2.24) is 14.8 Å². The van der Waals surface area contributed by atoms with Crippen molar-refractivity contribution in [3.8, 4) is 6.07 Å². The van der Waals surface area contributed by atoms with E-state index in [9.17, 15) is 23.2 Å². The zero-order chi connectivity index (χ0) is 22.5. The Labute approximate surface area is 182 Å². The van der Waals surface area contributed by atoms with Gasteiger partial charge in [-0.15, -0.1) is 0 Å². The van der Waals surface area contributed by atoms with E-state index in [4.69, 9.17) is 0 Å². The van der Waals surface area contributed by atoms with Crippen molar-refractivity contribution < 1.29 is 13.2 Å². The van der Waals surface area contributed by atoms with Crippen LogP contribution in [0.4, 0.5) is 24.7 Å². The summed E-state index contributed by atoms with van der Waals surface area (Å²) in [6.45, 7) is 0. The normalized spacial score (nSPS) is 22.4. The number of aromatic amines is 1. The number of rotatable bonds is 4. The SMILES string of the molecule is N#CC1CCCC[C@@H]1n1nc(Nc2ccc(C3(C(F)(F)F)CC3)cc2)c2c(=O)[nH]ccc21. The summed E-state index contributed by atoms with van der Waals surface area (Å²) in [4.78, 5) is 15.3. The van der Waals surface area contributed by atoms with Crippen LogP contribution in [-0.4, -0.2) is 20.9 Å². The minimum absolute atomic E-state index is 0.106. The number of hydrogen-bond donors (Lipinski definition) is 2. The van der Waals surface area contributed by atoms with Crippen molar-refractivity contribution in [2.45, 2.75) is 56.2 Å². The van der Waals surface area contributed by atoms with Gasteiger partial charge < -0.3 is 10.3 Å². The second-order valence-electron chi connectivity index (χ2n) is 8.73. The number of fused-ring (bicyclic) bond motifs is 1. The average molecular weight is 441 g/mol. The van der Waals surface area contributed by atoms with Crippen molar-refractivity contribution in [3.63, 3.8) is 0 Å². The smallest absolute Gasteiger partial charge is 0.338 e. The highest BCUT2D eigenvalue weighted by atomic mass is 19.4. The molecule has 0 saturated heterocycles. The van der Waals surface area contributed by atoms with Crippen LogP contribution in [-0.2, 0) is 5.41 Å². The Morgan fingerprint density at radius 1 is 1.16 bits per heavy atom. The van der Waals surface area contributed by atoms with Crippen molar-refractivity contribution >= 4 is 22.4 Å². The molecule has 2 fully saturated rings. The number of hydrogen-bond acceptors (Lipinski definition) is 4. The van der Waals surface area contributed by atoms with Crippen LogP contribution in [0.15, 0.2) is 41.3 Å². The minimum atomic E-state index is -4.26. The summed E-state index contributed by atoms with van der Waals surface area (Å²) in [6, 6.07) is 10.1. The van der Waals surface area contributed by atoms with Crippen molar-refractivity contribution in [1.29, 1.82) is 5.26 Å². The fraction of sp³-hybridized carbons (Fsp3) is 0.435. The molecule has 2 aromatic heterocycles. The molecule has 0 bridgehead atoms. The lowest BCUT2D eigenvalue weighted by atomic mass is 9.85. The van der Waals surface area contributed by atoms with E-state index in [0.29, 0.717) is 22.4 Å².